The third-order valence-corrected chi connectivity index (χ3v) is 7.34. The Labute approximate surface area is 202 Å². The Kier molecular flexibility index (Phi) is 6.58. The van der Waals surface area contributed by atoms with Crippen molar-refractivity contribution >= 4 is 23.1 Å². The van der Waals surface area contributed by atoms with Gasteiger partial charge < -0.3 is 10.2 Å². The number of benzene rings is 1. The van der Waals surface area contributed by atoms with Crippen molar-refractivity contribution in [2.45, 2.75) is 26.3 Å². The second-order valence-electron chi connectivity index (χ2n) is 8.39. The highest BCUT2D eigenvalue weighted by molar-refractivity contribution is 7.15. The van der Waals surface area contributed by atoms with Crippen LogP contribution in [0.2, 0.25) is 0 Å². The lowest BCUT2D eigenvalue weighted by molar-refractivity contribution is -0.125. The zero-order chi connectivity index (χ0) is 23.3. The van der Waals surface area contributed by atoms with Crippen LogP contribution in [-0.4, -0.2) is 39.2 Å². The van der Waals surface area contributed by atoms with E-state index in [9.17, 15) is 4.79 Å². The van der Waals surface area contributed by atoms with Crippen molar-refractivity contribution in [2.24, 2.45) is 5.92 Å². The molecule has 7 nitrogen and oxygen atoms in total. The number of rotatable bonds is 6. The number of thiazole rings is 1. The van der Waals surface area contributed by atoms with E-state index in [0.29, 0.717) is 6.54 Å². The summed E-state index contributed by atoms with van der Waals surface area (Å²) in [7, 11) is 0. The summed E-state index contributed by atoms with van der Waals surface area (Å²) < 4.78 is 0. The molecule has 1 fully saturated rings. The quantitative estimate of drug-likeness (QED) is 0.447. The highest BCUT2D eigenvalue weighted by Crippen LogP contribution is 2.28. The molecule has 0 aliphatic carbocycles. The Morgan fingerprint density at radius 2 is 1.82 bits per heavy atom. The number of nitrogens with zero attached hydrogens (tertiary/aromatic N) is 5. The topological polar surface area (TPSA) is 83.9 Å². The lowest BCUT2D eigenvalue weighted by atomic mass is 9.96. The standard InChI is InChI=1S/C26H26N6OS/c1-18-23(34-26(29-18)21-8-5-13-27-16-21)17-28-25(33)20-11-14-32(15-12-20)24-10-9-22(30-31-24)19-6-3-2-4-7-19/h2-10,13,16,20H,11-12,14-15,17H2,1H3,(H,28,33). The van der Waals surface area contributed by atoms with Crippen molar-refractivity contribution in [3.8, 4) is 21.8 Å². The predicted molar refractivity (Wildman–Crippen MR) is 134 cm³/mol. The van der Waals surface area contributed by atoms with Crippen molar-refractivity contribution in [2.75, 3.05) is 18.0 Å². The Hall–Kier alpha value is -3.65. The molecule has 1 aliphatic heterocycles. The Balaban J connectivity index is 1.13. The van der Waals surface area contributed by atoms with Crippen molar-refractivity contribution in [3.05, 3.63) is 77.6 Å². The van der Waals surface area contributed by atoms with Gasteiger partial charge in [-0.05, 0) is 44.0 Å². The van der Waals surface area contributed by atoms with Gasteiger partial charge in [-0.3, -0.25) is 9.78 Å². The molecule has 0 atom stereocenters. The zero-order valence-electron chi connectivity index (χ0n) is 19.0. The highest BCUT2D eigenvalue weighted by Gasteiger charge is 2.26. The molecule has 5 rings (SSSR count). The average Bonchev–Trinajstić information content (AvgIpc) is 3.29. The Morgan fingerprint density at radius 3 is 2.53 bits per heavy atom. The minimum absolute atomic E-state index is 0.0128. The fraction of sp³-hybridized carbons (Fsp3) is 0.269. The molecule has 4 heterocycles. The van der Waals surface area contributed by atoms with Crippen LogP contribution in [0.5, 0.6) is 0 Å². The Morgan fingerprint density at radius 1 is 1.03 bits per heavy atom. The molecule has 1 N–H and O–H groups in total. The van der Waals surface area contributed by atoms with E-state index in [-0.39, 0.29) is 11.8 Å². The largest absolute Gasteiger partial charge is 0.355 e. The Bertz CT molecular complexity index is 1240. The molecular formula is C26H26N6OS. The van der Waals surface area contributed by atoms with Gasteiger partial charge in [0.05, 0.1) is 17.9 Å². The number of carbonyl (C=O) groups is 1. The van der Waals surface area contributed by atoms with Gasteiger partial charge in [-0.1, -0.05) is 30.3 Å². The number of anilines is 1. The van der Waals surface area contributed by atoms with E-state index in [2.05, 4.69) is 30.4 Å². The summed E-state index contributed by atoms with van der Waals surface area (Å²) in [6.07, 6.45) is 5.17. The summed E-state index contributed by atoms with van der Waals surface area (Å²) in [5, 5.41) is 12.9. The highest BCUT2D eigenvalue weighted by atomic mass is 32.1. The van der Waals surface area contributed by atoms with Crippen molar-refractivity contribution < 1.29 is 4.79 Å². The van der Waals surface area contributed by atoms with E-state index in [1.165, 1.54) is 0 Å². The van der Waals surface area contributed by atoms with Crippen LogP contribution in [-0.2, 0) is 11.3 Å². The fourth-order valence-corrected chi connectivity index (χ4v) is 5.14. The molecule has 0 spiro atoms. The second kappa shape index (κ2) is 10.1. The van der Waals surface area contributed by atoms with Crippen LogP contribution in [0.4, 0.5) is 5.82 Å². The third-order valence-electron chi connectivity index (χ3n) is 6.13. The number of hydrogen-bond donors (Lipinski definition) is 1. The molecule has 1 saturated heterocycles. The lowest BCUT2D eigenvalue weighted by Crippen LogP contribution is -2.40. The SMILES string of the molecule is Cc1nc(-c2cccnc2)sc1CNC(=O)C1CCN(c2ccc(-c3ccccc3)nn2)CC1. The van der Waals surface area contributed by atoms with Gasteiger partial charge in [-0.15, -0.1) is 21.5 Å². The van der Waals surface area contributed by atoms with Gasteiger partial charge >= 0.3 is 0 Å². The monoisotopic (exact) mass is 470 g/mol. The first-order valence-corrected chi connectivity index (χ1v) is 12.3. The van der Waals surface area contributed by atoms with Crippen LogP contribution in [0.15, 0.2) is 67.0 Å². The van der Waals surface area contributed by atoms with Gasteiger partial charge in [0.2, 0.25) is 5.91 Å². The molecule has 0 saturated carbocycles. The van der Waals surface area contributed by atoms with E-state index < -0.39 is 0 Å². The number of aromatic nitrogens is 4. The molecule has 3 aromatic heterocycles. The van der Waals surface area contributed by atoms with Gasteiger partial charge in [0.25, 0.3) is 0 Å². The molecule has 0 radical (unpaired) electrons. The van der Waals surface area contributed by atoms with Crippen LogP contribution >= 0.6 is 11.3 Å². The molecule has 1 aromatic carbocycles. The van der Waals surface area contributed by atoms with Crippen LogP contribution in [0, 0.1) is 12.8 Å². The van der Waals surface area contributed by atoms with E-state index in [4.69, 9.17) is 0 Å². The average molecular weight is 471 g/mol. The van der Waals surface area contributed by atoms with E-state index in [0.717, 1.165) is 64.1 Å². The molecule has 0 unspecified atom stereocenters. The van der Waals surface area contributed by atoms with Crippen LogP contribution in [0.25, 0.3) is 21.8 Å². The maximum Gasteiger partial charge on any atom is 0.223 e. The fourth-order valence-electron chi connectivity index (χ4n) is 4.14. The van der Waals surface area contributed by atoms with Gasteiger partial charge in [-0.25, -0.2) is 4.98 Å². The number of carbonyl (C=O) groups excluding carboxylic acids is 1. The minimum Gasteiger partial charge on any atom is -0.355 e. The van der Waals surface area contributed by atoms with Gasteiger partial charge in [0.15, 0.2) is 5.82 Å². The number of amides is 1. The van der Waals surface area contributed by atoms with Crippen molar-refractivity contribution in [3.63, 3.8) is 0 Å². The summed E-state index contributed by atoms with van der Waals surface area (Å²) in [6.45, 7) is 4.08. The molecule has 1 aliphatic rings. The number of nitrogens with one attached hydrogen (secondary N) is 1. The summed E-state index contributed by atoms with van der Waals surface area (Å²) in [4.78, 5) is 24.9. The van der Waals surface area contributed by atoms with E-state index in [1.807, 2.05) is 67.7 Å². The smallest absolute Gasteiger partial charge is 0.223 e. The first kappa shape index (κ1) is 22.2. The molecule has 1 amide bonds. The van der Waals surface area contributed by atoms with Crippen LogP contribution in [0.1, 0.15) is 23.4 Å². The molecule has 4 aromatic rings. The maximum atomic E-state index is 12.8. The number of piperidine rings is 1. The van der Waals surface area contributed by atoms with E-state index >= 15 is 0 Å². The second-order valence-corrected chi connectivity index (χ2v) is 9.47. The maximum absolute atomic E-state index is 12.8. The summed E-state index contributed by atoms with van der Waals surface area (Å²) >= 11 is 1.61. The molecule has 34 heavy (non-hydrogen) atoms. The summed E-state index contributed by atoms with van der Waals surface area (Å²) in [6, 6.07) is 18.0. The van der Waals surface area contributed by atoms with Gasteiger partial charge in [0, 0.05) is 47.4 Å². The lowest BCUT2D eigenvalue weighted by Gasteiger charge is -2.31. The minimum atomic E-state index is 0.0128. The van der Waals surface area contributed by atoms with Crippen molar-refractivity contribution in [1.29, 1.82) is 0 Å². The summed E-state index contributed by atoms with van der Waals surface area (Å²) in [5.41, 5.74) is 3.88. The summed E-state index contributed by atoms with van der Waals surface area (Å²) in [5.74, 6) is 0.987. The number of hydrogen-bond acceptors (Lipinski definition) is 7. The first-order valence-electron chi connectivity index (χ1n) is 11.5. The normalized spacial score (nSPS) is 14.2. The molecule has 8 heteroatoms. The van der Waals surface area contributed by atoms with Crippen molar-refractivity contribution in [1.82, 2.24) is 25.5 Å². The molecule has 172 valence electrons. The van der Waals surface area contributed by atoms with Crippen LogP contribution in [0.3, 0.4) is 0 Å². The molecular weight excluding hydrogens is 444 g/mol. The first-order chi connectivity index (χ1) is 16.7. The molecule has 0 bridgehead atoms. The number of aryl methyl sites for hydroxylation is 1. The van der Waals surface area contributed by atoms with Gasteiger partial charge in [-0.2, -0.15) is 0 Å². The van der Waals surface area contributed by atoms with Crippen LogP contribution < -0.4 is 10.2 Å². The number of pyridine rings is 1. The zero-order valence-corrected chi connectivity index (χ0v) is 19.8. The van der Waals surface area contributed by atoms with Gasteiger partial charge in [0.1, 0.15) is 5.01 Å². The van der Waals surface area contributed by atoms with E-state index in [1.54, 1.807) is 17.5 Å². The predicted octanol–water partition coefficient (Wildman–Crippen LogP) is 4.50. The third kappa shape index (κ3) is 4.97.